The van der Waals surface area contributed by atoms with Crippen molar-refractivity contribution in [2.45, 2.75) is 37.6 Å². The van der Waals surface area contributed by atoms with Crippen molar-refractivity contribution in [3.8, 4) is 0 Å². The SMILES string of the molecule is CN1CC[C@]2(CCC1=O)CN(CCCC(=O)c1ccc(F)cc1)CCN2C. The third kappa shape index (κ3) is 4.74. The Kier molecular flexibility index (Phi) is 6.27. The van der Waals surface area contributed by atoms with Gasteiger partial charge in [-0.05, 0) is 57.1 Å². The van der Waals surface area contributed by atoms with E-state index in [1.165, 1.54) is 12.1 Å². The molecule has 27 heavy (non-hydrogen) atoms. The molecule has 1 aromatic carbocycles. The molecule has 0 saturated carbocycles. The van der Waals surface area contributed by atoms with E-state index >= 15 is 0 Å². The molecule has 2 saturated heterocycles. The standard InChI is InChI=1S/C21H30FN3O2/c1-23-13-11-21(10-9-20(23)27)16-25(15-14-24(21)2)12-3-4-19(26)17-5-7-18(22)8-6-17/h5-8H,3-4,9-16H2,1-2H3/t21-/m1/s1. The number of hydrogen-bond acceptors (Lipinski definition) is 4. The highest BCUT2D eigenvalue weighted by Crippen LogP contribution is 2.31. The number of likely N-dealkylation sites (tertiary alicyclic amines) is 1. The van der Waals surface area contributed by atoms with E-state index in [-0.39, 0.29) is 23.0 Å². The Hall–Kier alpha value is -1.79. The minimum Gasteiger partial charge on any atom is -0.346 e. The fourth-order valence-corrected chi connectivity index (χ4v) is 4.27. The number of ketones is 1. The third-order valence-electron chi connectivity index (χ3n) is 6.27. The van der Waals surface area contributed by atoms with Gasteiger partial charge in [-0.25, -0.2) is 4.39 Å². The first-order valence-corrected chi connectivity index (χ1v) is 9.86. The first-order chi connectivity index (χ1) is 12.9. The molecule has 6 heteroatoms. The molecule has 1 atom stereocenters. The van der Waals surface area contributed by atoms with E-state index in [0.717, 1.165) is 52.0 Å². The molecule has 0 bridgehead atoms. The lowest BCUT2D eigenvalue weighted by Crippen LogP contribution is -2.61. The molecule has 5 nitrogen and oxygen atoms in total. The number of benzene rings is 1. The number of carbonyl (C=O) groups excluding carboxylic acids is 2. The van der Waals surface area contributed by atoms with E-state index in [1.807, 2.05) is 11.9 Å². The van der Waals surface area contributed by atoms with Crippen molar-refractivity contribution in [1.82, 2.24) is 14.7 Å². The smallest absolute Gasteiger partial charge is 0.222 e. The second-order valence-corrected chi connectivity index (χ2v) is 8.02. The second kappa shape index (κ2) is 8.48. The van der Waals surface area contributed by atoms with Crippen LogP contribution >= 0.6 is 0 Å². The topological polar surface area (TPSA) is 43.9 Å². The lowest BCUT2D eigenvalue weighted by atomic mass is 9.86. The number of piperazine rings is 1. The molecule has 1 amide bonds. The number of hydrogen-bond donors (Lipinski definition) is 0. The van der Waals surface area contributed by atoms with Crippen LogP contribution < -0.4 is 0 Å². The van der Waals surface area contributed by atoms with Crippen LogP contribution in [0, 0.1) is 5.82 Å². The maximum Gasteiger partial charge on any atom is 0.222 e. The number of nitrogens with zero attached hydrogens (tertiary/aromatic N) is 3. The van der Waals surface area contributed by atoms with E-state index in [0.29, 0.717) is 18.4 Å². The Balaban J connectivity index is 1.53. The van der Waals surface area contributed by atoms with Crippen LogP contribution in [0.1, 0.15) is 42.5 Å². The molecule has 0 aliphatic carbocycles. The zero-order valence-electron chi connectivity index (χ0n) is 16.4. The predicted molar refractivity (Wildman–Crippen MR) is 103 cm³/mol. The molecule has 1 spiro atoms. The summed E-state index contributed by atoms with van der Waals surface area (Å²) >= 11 is 0. The van der Waals surface area contributed by atoms with Crippen LogP contribution in [0.25, 0.3) is 0 Å². The zero-order valence-corrected chi connectivity index (χ0v) is 16.4. The molecule has 0 radical (unpaired) electrons. The van der Waals surface area contributed by atoms with E-state index in [1.54, 1.807) is 12.1 Å². The van der Waals surface area contributed by atoms with Gasteiger partial charge in [-0.15, -0.1) is 0 Å². The highest BCUT2D eigenvalue weighted by Gasteiger charge is 2.41. The molecule has 3 rings (SSSR count). The quantitative estimate of drug-likeness (QED) is 0.742. The van der Waals surface area contributed by atoms with Crippen LogP contribution in [-0.4, -0.2) is 78.7 Å². The van der Waals surface area contributed by atoms with Crippen molar-refractivity contribution in [1.29, 1.82) is 0 Å². The summed E-state index contributed by atoms with van der Waals surface area (Å²) in [7, 11) is 4.06. The summed E-state index contributed by atoms with van der Waals surface area (Å²) in [5, 5.41) is 0. The van der Waals surface area contributed by atoms with E-state index in [2.05, 4.69) is 16.8 Å². The lowest BCUT2D eigenvalue weighted by molar-refractivity contribution is -0.129. The van der Waals surface area contributed by atoms with Crippen LogP contribution in [0.3, 0.4) is 0 Å². The van der Waals surface area contributed by atoms with Gasteiger partial charge in [0.1, 0.15) is 5.82 Å². The van der Waals surface area contributed by atoms with E-state index in [4.69, 9.17) is 0 Å². The van der Waals surface area contributed by atoms with Gasteiger partial charge in [-0.1, -0.05) is 0 Å². The number of Topliss-reactive ketones (excluding diaryl/α,β-unsaturated/α-hetero) is 1. The normalized spacial score (nSPS) is 25.0. The maximum absolute atomic E-state index is 13.0. The van der Waals surface area contributed by atoms with Crippen LogP contribution in [0.5, 0.6) is 0 Å². The van der Waals surface area contributed by atoms with Gasteiger partial charge >= 0.3 is 0 Å². The highest BCUT2D eigenvalue weighted by atomic mass is 19.1. The number of amides is 1. The van der Waals surface area contributed by atoms with Crippen molar-refractivity contribution >= 4 is 11.7 Å². The molecule has 2 aliphatic heterocycles. The largest absolute Gasteiger partial charge is 0.346 e. The fourth-order valence-electron chi connectivity index (χ4n) is 4.27. The van der Waals surface area contributed by atoms with Crippen molar-refractivity contribution < 1.29 is 14.0 Å². The average molecular weight is 375 g/mol. The number of rotatable bonds is 5. The Morgan fingerprint density at radius 1 is 1.11 bits per heavy atom. The molecule has 2 fully saturated rings. The molecule has 2 aliphatic rings. The fraction of sp³-hybridized carbons (Fsp3) is 0.619. The van der Waals surface area contributed by atoms with Gasteiger partial charge < -0.3 is 9.80 Å². The minimum atomic E-state index is -0.318. The number of carbonyl (C=O) groups is 2. The summed E-state index contributed by atoms with van der Waals surface area (Å²) in [4.78, 5) is 31.1. The van der Waals surface area contributed by atoms with Crippen molar-refractivity contribution in [3.63, 3.8) is 0 Å². The molecular weight excluding hydrogens is 345 g/mol. The number of likely N-dealkylation sites (N-methyl/N-ethyl adjacent to an activating group) is 1. The van der Waals surface area contributed by atoms with E-state index in [9.17, 15) is 14.0 Å². The monoisotopic (exact) mass is 375 g/mol. The Labute approximate surface area is 161 Å². The van der Waals surface area contributed by atoms with Gasteiger partial charge in [0, 0.05) is 57.2 Å². The van der Waals surface area contributed by atoms with Crippen molar-refractivity contribution in [2.75, 3.05) is 46.8 Å². The van der Waals surface area contributed by atoms with Gasteiger partial charge in [-0.2, -0.15) is 0 Å². The van der Waals surface area contributed by atoms with Crippen LogP contribution in [0.15, 0.2) is 24.3 Å². The Morgan fingerprint density at radius 3 is 2.59 bits per heavy atom. The van der Waals surface area contributed by atoms with Crippen molar-refractivity contribution in [3.05, 3.63) is 35.6 Å². The van der Waals surface area contributed by atoms with Gasteiger partial charge in [-0.3, -0.25) is 14.5 Å². The maximum atomic E-state index is 13.0. The summed E-state index contributed by atoms with van der Waals surface area (Å²) in [5.74, 6) is -0.00960. The Morgan fingerprint density at radius 2 is 1.85 bits per heavy atom. The molecule has 0 unspecified atom stereocenters. The Bertz CT molecular complexity index is 679. The molecule has 0 N–H and O–H groups in total. The molecule has 0 aromatic heterocycles. The lowest BCUT2D eigenvalue weighted by Gasteiger charge is -2.49. The summed E-state index contributed by atoms with van der Waals surface area (Å²) < 4.78 is 13.0. The molecule has 2 heterocycles. The molecular formula is C21H30FN3O2. The summed E-state index contributed by atoms with van der Waals surface area (Å²) in [6, 6.07) is 5.78. The van der Waals surface area contributed by atoms with Crippen molar-refractivity contribution in [2.24, 2.45) is 0 Å². The van der Waals surface area contributed by atoms with Gasteiger partial charge in [0.2, 0.25) is 5.91 Å². The summed E-state index contributed by atoms with van der Waals surface area (Å²) in [5.41, 5.74) is 0.635. The first kappa shape index (κ1) is 20.0. The zero-order chi connectivity index (χ0) is 19.4. The molecule has 148 valence electrons. The van der Waals surface area contributed by atoms with E-state index < -0.39 is 0 Å². The van der Waals surface area contributed by atoms with Gasteiger partial charge in [0.05, 0.1) is 0 Å². The molecule has 1 aromatic rings. The minimum absolute atomic E-state index is 0.0552. The van der Waals surface area contributed by atoms with Gasteiger partial charge in [0.25, 0.3) is 0 Å². The van der Waals surface area contributed by atoms with Gasteiger partial charge in [0.15, 0.2) is 5.78 Å². The van der Waals surface area contributed by atoms with Crippen LogP contribution in [0.4, 0.5) is 4.39 Å². The predicted octanol–water partition coefficient (Wildman–Crippen LogP) is 2.42. The van der Waals surface area contributed by atoms with Crippen LogP contribution in [0.2, 0.25) is 0 Å². The summed E-state index contributed by atoms with van der Waals surface area (Å²) in [6.45, 7) is 4.62. The number of halogens is 1. The first-order valence-electron chi connectivity index (χ1n) is 9.86. The second-order valence-electron chi connectivity index (χ2n) is 8.02. The van der Waals surface area contributed by atoms with Crippen LogP contribution in [-0.2, 0) is 4.79 Å². The summed E-state index contributed by atoms with van der Waals surface area (Å²) in [6.07, 6.45) is 3.78. The highest BCUT2D eigenvalue weighted by molar-refractivity contribution is 5.95. The third-order valence-corrected chi connectivity index (χ3v) is 6.27. The average Bonchev–Trinajstić information content (AvgIpc) is 2.80.